The van der Waals surface area contributed by atoms with Crippen LogP contribution in [0.2, 0.25) is 0 Å². The van der Waals surface area contributed by atoms with Gasteiger partial charge in [0.05, 0.1) is 0 Å². The van der Waals surface area contributed by atoms with Crippen molar-refractivity contribution in [2.24, 2.45) is 5.14 Å². The van der Waals surface area contributed by atoms with Crippen LogP contribution in [0, 0.1) is 0 Å². The van der Waals surface area contributed by atoms with E-state index in [0.29, 0.717) is 4.88 Å². The summed E-state index contributed by atoms with van der Waals surface area (Å²) in [5.41, 5.74) is 0.819. The molecule has 1 aromatic heterocycles. The largest absolute Gasteiger partial charge is 0.386 e. The Morgan fingerprint density at radius 2 is 1.90 bits per heavy atom. The monoisotopic (exact) mass is 312 g/mol. The molecule has 2 aromatic rings. The minimum absolute atomic E-state index is 0.0613. The van der Waals surface area contributed by atoms with Gasteiger partial charge in [0.2, 0.25) is 0 Å². The minimum Gasteiger partial charge on any atom is -0.386 e. The van der Waals surface area contributed by atoms with Crippen molar-refractivity contribution in [3.05, 3.63) is 58.3 Å². The number of benzene rings is 1. The molecule has 0 bridgehead atoms. The van der Waals surface area contributed by atoms with E-state index in [1.165, 1.54) is 11.3 Å². The lowest BCUT2D eigenvalue weighted by Crippen LogP contribution is -2.38. The van der Waals surface area contributed by atoms with Crippen LogP contribution in [-0.4, -0.2) is 24.4 Å². The van der Waals surface area contributed by atoms with Crippen LogP contribution in [0.4, 0.5) is 0 Å². The summed E-state index contributed by atoms with van der Waals surface area (Å²) in [6.45, 7) is 0.0797. The van der Waals surface area contributed by atoms with Gasteiger partial charge in [-0.3, -0.25) is 0 Å². The van der Waals surface area contributed by atoms with Gasteiger partial charge in [-0.1, -0.05) is 36.4 Å². The lowest BCUT2D eigenvalue weighted by Gasteiger charge is -2.22. The van der Waals surface area contributed by atoms with Crippen LogP contribution in [0.1, 0.15) is 16.5 Å². The van der Waals surface area contributed by atoms with Crippen LogP contribution in [0.15, 0.2) is 47.8 Å². The molecule has 1 aromatic carbocycles. The molecule has 0 amide bonds. The van der Waals surface area contributed by atoms with Gasteiger partial charge in [0.25, 0.3) is 10.2 Å². The zero-order chi connectivity index (χ0) is 14.6. The number of nitrogens with two attached hydrogens (primary N) is 1. The maximum Gasteiger partial charge on any atom is 0.277 e. The third kappa shape index (κ3) is 4.12. The van der Waals surface area contributed by atoms with E-state index >= 15 is 0 Å². The Morgan fingerprint density at radius 1 is 1.20 bits per heavy atom. The van der Waals surface area contributed by atoms with E-state index in [-0.39, 0.29) is 13.1 Å². The Hall–Kier alpha value is -1.25. The molecular weight excluding hydrogens is 296 g/mol. The first-order valence-electron chi connectivity index (χ1n) is 6.00. The number of nitrogens with zero attached hydrogens (tertiary/aromatic N) is 1. The molecule has 0 aliphatic heterocycles. The van der Waals surface area contributed by atoms with Crippen molar-refractivity contribution in [2.45, 2.75) is 12.6 Å². The maximum absolute atomic E-state index is 11.6. The van der Waals surface area contributed by atoms with Gasteiger partial charge in [0.1, 0.15) is 6.10 Å². The normalized spacial score (nSPS) is 13.6. The first kappa shape index (κ1) is 15.1. The zero-order valence-corrected chi connectivity index (χ0v) is 12.3. The third-order valence-corrected chi connectivity index (χ3v) is 4.78. The topological polar surface area (TPSA) is 83.6 Å². The maximum atomic E-state index is 11.6. The molecule has 20 heavy (non-hydrogen) atoms. The van der Waals surface area contributed by atoms with Gasteiger partial charge in [-0.05, 0) is 17.0 Å². The quantitative estimate of drug-likeness (QED) is 0.847. The van der Waals surface area contributed by atoms with E-state index in [1.54, 1.807) is 6.07 Å². The molecule has 0 spiro atoms. The van der Waals surface area contributed by atoms with E-state index < -0.39 is 16.3 Å². The molecule has 0 aliphatic carbocycles. The Morgan fingerprint density at radius 3 is 2.45 bits per heavy atom. The van der Waals surface area contributed by atoms with Gasteiger partial charge in [-0.2, -0.15) is 12.7 Å². The Labute approximate surface area is 122 Å². The van der Waals surface area contributed by atoms with Crippen LogP contribution >= 0.6 is 11.3 Å². The summed E-state index contributed by atoms with van der Waals surface area (Å²) in [4.78, 5) is 0.715. The lowest BCUT2D eigenvalue weighted by atomic mass is 10.2. The van der Waals surface area contributed by atoms with E-state index in [1.807, 2.05) is 41.8 Å². The molecule has 108 valence electrons. The Balaban J connectivity index is 2.13. The summed E-state index contributed by atoms with van der Waals surface area (Å²) >= 11 is 1.38. The molecule has 0 aliphatic rings. The van der Waals surface area contributed by atoms with Crippen LogP contribution in [-0.2, 0) is 16.8 Å². The van der Waals surface area contributed by atoms with Crippen LogP contribution in [0.5, 0.6) is 0 Å². The molecule has 0 saturated heterocycles. The Kier molecular flexibility index (Phi) is 4.90. The van der Waals surface area contributed by atoms with E-state index in [4.69, 9.17) is 5.14 Å². The Bertz CT molecular complexity index is 627. The molecule has 1 atom stereocenters. The summed E-state index contributed by atoms with van der Waals surface area (Å²) < 4.78 is 24.3. The molecule has 0 fully saturated rings. The van der Waals surface area contributed by atoms with Crippen molar-refractivity contribution in [1.82, 2.24) is 4.31 Å². The number of aliphatic hydroxyl groups excluding tert-OH is 1. The van der Waals surface area contributed by atoms with Crippen LogP contribution < -0.4 is 5.14 Å². The third-order valence-electron chi connectivity index (χ3n) is 2.81. The highest BCUT2D eigenvalue weighted by atomic mass is 32.2. The van der Waals surface area contributed by atoms with Crippen molar-refractivity contribution in [1.29, 1.82) is 0 Å². The average Bonchev–Trinajstić information content (AvgIpc) is 2.92. The van der Waals surface area contributed by atoms with E-state index in [0.717, 1.165) is 9.87 Å². The van der Waals surface area contributed by atoms with Crippen LogP contribution in [0.3, 0.4) is 0 Å². The number of aliphatic hydroxyl groups is 1. The second-order valence-corrected chi connectivity index (χ2v) is 6.88. The fourth-order valence-electron chi connectivity index (χ4n) is 1.81. The van der Waals surface area contributed by atoms with E-state index in [9.17, 15) is 13.5 Å². The summed E-state index contributed by atoms with van der Waals surface area (Å²) in [7, 11) is -3.87. The first-order valence-corrected chi connectivity index (χ1v) is 8.38. The average molecular weight is 312 g/mol. The number of rotatable bonds is 6. The molecular formula is C13H16N2O3S2. The number of thiophene rings is 1. The van der Waals surface area contributed by atoms with Gasteiger partial charge >= 0.3 is 0 Å². The van der Waals surface area contributed by atoms with Crippen molar-refractivity contribution in [2.75, 3.05) is 6.54 Å². The van der Waals surface area contributed by atoms with Crippen molar-refractivity contribution >= 4 is 21.5 Å². The molecule has 0 saturated carbocycles. The summed E-state index contributed by atoms with van der Waals surface area (Å²) in [6, 6.07) is 12.7. The number of hydrogen-bond donors (Lipinski definition) is 2. The van der Waals surface area contributed by atoms with Gasteiger partial charge in [0, 0.05) is 18.0 Å². The van der Waals surface area contributed by atoms with Crippen LogP contribution in [0.25, 0.3) is 0 Å². The number of hydrogen-bond acceptors (Lipinski definition) is 4. The summed E-state index contributed by atoms with van der Waals surface area (Å²) in [5, 5.41) is 17.1. The van der Waals surface area contributed by atoms with E-state index in [2.05, 4.69) is 0 Å². The van der Waals surface area contributed by atoms with Crippen molar-refractivity contribution < 1.29 is 13.5 Å². The standard InChI is InChI=1S/C13H16N2O3S2/c14-20(17,18)15(9-11-5-2-1-3-6-11)10-12(16)13-7-4-8-19-13/h1-8,12,16H,9-10H2,(H2,14,17,18)/t12-/m1/s1. The highest BCUT2D eigenvalue weighted by molar-refractivity contribution is 7.86. The lowest BCUT2D eigenvalue weighted by molar-refractivity contribution is 0.149. The van der Waals surface area contributed by atoms with Gasteiger partial charge in [-0.15, -0.1) is 11.3 Å². The first-order chi connectivity index (χ1) is 9.47. The highest BCUT2D eigenvalue weighted by Crippen LogP contribution is 2.21. The molecule has 2 rings (SSSR count). The van der Waals surface area contributed by atoms with Gasteiger partial charge < -0.3 is 5.11 Å². The zero-order valence-electron chi connectivity index (χ0n) is 10.7. The fourth-order valence-corrected chi connectivity index (χ4v) is 3.19. The van der Waals surface area contributed by atoms with Gasteiger partial charge in [-0.25, -0.2) is 5.14 Å². The summed E-state index contributed by atoms with van der Waals surface area (Å²) in [6.07, 6.45) is -0.878. The molecule has 3 N–H and O–H groups in total. The molecule has 0 radical (unpaired) electrons. The van der Waals surface area contributed by atoms with Crippen molar-refractivity contribution in [3.8, 4) is 0 Å². The fraction of sp³-hybridized carbons (Fsp3) is 0.231. The predicted octanol–water partition coefficient (Wildman–Crippen LogP) is 1.49. The smallest absolute Gasteiger partial charge is 0.277 e. The molecule has 7 heteroatoms. The van der Waals surface area contributed by atoms with Crippen molar-refractivity contribution in [3.63, 3.8) is 0 Å². The molecule has 1 heterocycles. The second kappa shape index (κ2) is 6.47. The second-order valence-electron chi connectivity index (χ2n) is 4.35. The summed E-state index contributed by atoms with van der Waals surface area (Å²) in [5.74, 6) is 0. The highest BCUT2D eigenvalue weighted by Gasteiger charge is 2.22. The molecule has 5 nitrogen and oxygen atoms in total. The van der Waals surface area contributed by atoms with Gasteiger partial charge in [0.15, 0.2) is 0 Å². The SMILES string of the molecule is NS(=O)(=O)N(Cc1ccccc1)C[C@@H](O)c1cccs1. The minimum atomic E-state index is -3.87. The molecule has 0 unspecified atom stereocenters. The predicted molar refractivity (Wildman–Crippen MR) is 79.2 cm³/mol.